The van der Waals surface area contributed by atoms with E-state index in [0.29, 0.717) is 17.5 Å². The number of nitrogens with zero attached hydrogens (tertiary/aromatic N) is 4. The van der Waals surface area contributed by atoms with Crippen molar-refractivity contribution in [3.63, 3.8) is 0 Å². The second-order valence-electron chi connectivity index (χ2n) is 6.48. The number of halogens is 2. The first-order valence-corrected chi connectivity index (χ1v) is 11.6. The molecule has 0 aliphatic rings. The fourth-order valence-electron chi connectivity index (χ4n) is 2.68. The highest BCUT2D eigenvalue weighted by molar-refractivity contribution is 14.1. The normalized spacial score (nSPS) is 10.8. The molecule has 0 amide bonds. The molecule has 1 heterocycles. The minimum Gasteiger partial charge on any atom is -0.506 e. The molecule has 0 saturated carbocycles. The lowest BCUT2D eigenvalue weighted by molar-refractivity contribution is 0.470. The van der Waals surface area contributed by atoms with Crippen molar-refractivity contribution >= 4 is 80.6 Å². The van der Waals surface area contributed by atoms with Gasteiger partial charge >= 0.3 is 0 Å². The van der Waals surface area contributed by atoms with Crippen molar-refractivity contribution in [2.75, 3.05) is 16.1 Å². The molecule has 0 atom stereocenters. The number of aromatic nitrogens is 3. The van der Waals surface area contributed by atoms with E-state index in [1.807, 2.05) is 72.8 Å². The number of hydrogen-bond donors (Lipinski definition) is 4. The van der Waals surface area contributed by atoms with Crippen molar-refractivity contribution in [3.8, 4) is 5.75 Å². The van der Waals surface area contributed by atoms with E-state index in [2.05, 4.69) is 81.3 Å². The van der Waals surface area contributed by atoms with Gasteiger partial charge in [0.05, 0.1) is 9.78 Å². The molecule has 4 rings (SSSR count). The van der Waals surface area contributed by atoms with Gasteiger partial charge in [-0.05, 0) is 81.6 Å². The lowest BCUT2D eigenvalue weighted by Gasteiger charge is -2.10. The topological polar surface area (TPSA) is 107 Å². The van der Waals surface area contributed by atoms with Crippen molar-refractivity contribution < 1.29 is 5.11 Å². The van der Waals surface area contributed by atoms with Crippen molar-refractivity contribution in [1.29, 1.82) is 0 Å². The van der Waals surface area contributed by atoms with Crippen LogP contribution in [0.15, 0.2) is 77.9 Å². The van der Waals surface area contributed by atoms with Crippen LogP contribution in [0.25, 0.3) is 0 Å². The summed E-state index contributed by atoms with van der Waals surface area (Å²) in [5.74, 6) is 1.13. The van der Waals surface area contributed by atoms with Crippen LogP contribution in [-0.4, -0.2) is 26.3 Å². The molecule has 0 aliphatic heterocycles. The van der Waals surface area contributed by atoms with Crippen LogP contribution in [0.3, 0.4) is 0 Å². The monoisotopic (exact) mass is 649 g/mol. The summed E-state index contributed by atoms with van der Waals surface area (Å²) in [6, 6.07) is 22.9. The fourth-order valence-corrected chi connectivity index (χ4v) is 4.57. The Balaban J connectivity index is 1.59. The van der Waals surface area contributed by atoms with Gasteiger partial charge in [0.2, 0.25) is 17.8 Å². The summed E-state index contributed by atoms with van der Waals surface area (Å²) < 4.78 is 1.75. The van der Waals surface area contributed by atoms with Gasteiger partial charge in [-0.2, -0.15) is 20.1 Å². The van der Waals surface area contributed by atoms with Crippen molar-refractivity contribution in [3.05, 3.63) is 85.5 Å². The third-order valence-corrected chi connectivity index (χ3v) is 5.57. The molecule has 1 aromatic heterocycles. The minimum atomic E-state index is 0.171. The van der Waals surface area contributed by atoms with E-state index < -0.39 is 0 Å². The smallest absolute Gasteiger partial charge is 0.250 e. The Bertz CT molecular complexity index is 1180. The molecule has 10 heteroatoms. The van der Waals surface area contributed by atoms with Crippen LogP contribution in [0, 0.1) is 7.14 Å². The van der Waals surface area contributed by atoms with Gasteiger partial charge in [-0.25, -0.2) is 5.43 Å². The fraction of sp³-hybridized carbons (Fsp3) is 0. The van der Waals surface area contributed by atoms with Crippen LogP contribution in [0.4, 0.5) is 29.2 Å². The Hall–Kier alpha value is -3.00. The van der Waals surface area contributed by atoms with Crippen LogP contribution in [0.5, 0.6) is 5.75 Å². The van der Waals surface area contributed by atoms with Crippen molar-refractivity contribution in [1.82, 2.24) is 15.0 Å². The second-order valence-corrected chi connectivity index (χ2v) is 8.89. The lowest BCUT2D eigenvalue weighted by atomic mass is 10.2. The van der Waals surface area contributed by atoms with Gasteiger partial charge in [0.15, 0.2) is 0 Å². The zero-order valence-corrected chi connectivity index (χ0v) is 20.8. The van der Waals surface area contributed by atoms with Gasteiger partial charge in [0, 0.05) is 20.5 Å². The number of para-hydroxylation sites is 2. The molecular weight excluding hydrogens is 632 g/mol. The van der Waals surface area contributed by atoms with E-state index in [0.717, 1.165) is 18.5 Å². The first-order chi connectivity index (χ1) is 15.6. The SMILES string of the molecule is Oc1c(I)cc(I)cc1/C=N/Nc1nc(Nc2ccccc2)nc(Nc2ccccc2)n1. The number of anilines is 5. The molecule has 4 N–H and O–H groups in total. The van der Waals surface area contributed by atoms with Gasteiger partial charge < -0.3 is 15.7 Å². The predicted molar refractivity (Wildman–Crippen MR) is 144 cm³/mol. The van der Waals surface area contributed by atoms with Crippen molar-refractivity contribution in [2.24, 2.45) is 5.10 Å². The third-order valence-electron chi connectivity index (χ3n) is 4.12. The largest absolute Gasteiger partial charge is 0.506 e. The van der Waals surface area contributed by atoms with Crippen LogP contribution in [-0.2, 0) is 0 Å². The first kappa shape index (κ1) is 22.2. The predicted octanol–water partition coefficient (Wildman–Crippen LogP) is 5.72. The maximum atomic E-state index is 10.2. The van der Waals surface area contributed by atoms with E-state index in [1.54, 1.807) is 0 Å². The number of phenolic OH excluding ortho intramolecular Hbond substituents is 1. The molecule has 160 valence electrons. The highest BCUT2D eigenvalue weighted by Gasteiger charge is 2.08. The zero-order chi connectivity index (χ0) is 22.3. The van der Waals surface area contributed by atoms with E-state index in [4.69, 9.17) is 0 Å². The number of hydrazone groups is 1. The summed E-state index contributed by atoms with van der Waals surface area (Å²) in [6.07, 6.45) is 1.53. The Kier molecular flexibility index (Phi) is 7.32. The Labute approximate surface area is 211 Å². The summed E-state index contributed by atoms with van der Waals surface area (Å²) in [6.45, 7) is 0. The standard InChI is InChI=1S/C22H17I2N7O/c23-15-11-14(19(32)18(24)12-15)13-25-31-22-29-20(26-16-7-3-1-4-8-16)28-21(30-22)27-17-9-5-2-6-10-17/h1-13,32H,(H3,26,27,28,29,30,31)/b25-13+. The van der Waals surface area contributed by atoms with E-state index in [-0.39, 0.29) is 11.7 Å². The highest BCUT2D eigenvalue weighted by Crippen LogP contribution is 2.26. The van der Waals surface area contributed by atoms with E-state index >= 15 is 0 Å². The molecule has 0 spiro atoms. The average Bonchev–Trinajstić information content (AvgIpc) is 2.78. The van der Waals surface area contributed by atoms with Gasteiger partial charge in [0.25, 0.3) is 0 Å². The molecule has 8 nitrogen and oxygen atoms in total. The third kappa shape index (κ3) is 6.03. The number of aromatic hydroxyl groups is 1. The van der Waals surface area contributed by atoms with E-state index in [9.17, 15) is 5.11 Å². The van der Waals surface area contributed by atoms with Crippen LogP contribution in [0.2, 0.25) is 0 Å². The van der Waals surface area contributed by atoms with Crippen LogP contribution >= 0.6 is 45.2 Å². The Morgan fingerprint density at radius 1 is 0.750 bits per heavy atom. The number of benzene rings is 3. The van der Waals surface area contributed by atoms with Crippen molar-refractivity contribution in [2.45, 2.75) is 0 Å². The summed E-state index contributed by atoms with van der Waals surface area (Å²) >= 11 is 4.28. The number of hydrogen-bond acceptors (Lipinski definition) is 8. The van der Waals surface area contributed by atoms with Crippen LogP contribution in [0.1, 0.15) is 5.56 Å². The molecule has 0 fully saturated rings. The molecule has 4 aromatic rings. The summed E-state index contributed by atoms with van der Waals surface area (Å²) in [4.78, 5) is 13.2. The second kappa shape index (κ2) is 10.5. The first-order valence-electron chi connectivity index (χ1n) is 9.44. The van der Waals surface area contributed by atoms with E-state index in [1.165, 1.54) is 6.21 Å². The summed E-state index contributed by atoms with van der Waals surface area (Å²) in [5.41, 5.74) is 5.10. The molecule has 0 bridgehead atoms. The minimum absolute atomic E-state index is 0.171. The maximum absolute atomic E-state index is 10.2. The summed E-state index contributed by atoms with van der Waals surface area (Å²) in [5, 5.41) is 20.8. The zero-order valence-electron chi connectivity index (χ0n) is 16.5. The quantitative estimate of drug-likeness (QED) is 0.115. The molecule has 32 heavy (non-hydrogen) atoms. The maximum Gasteiger partial charge on any atom is 0.250 e. The summed E-state index contributed by atoms with van der Waals surface area (Å²) in [7, 11) is 0. The lowest BCUT2D eigenvalue weighted by Crippen LogP contribution is -2.07. The average molecular weight is 649 g/mol. The number of rotatable bonds is 7. The molecule has 0 radical (unpaired) electrons. The molecule has 3 aromatic carbocycles. The van der Waals surface area contributed by atoms with Gasteiger partial charge in [-0.3, -0.25) is 0 Å². The van der Waals surface area contributed by atoms with Crippen LogP contribution < -0.4 is 16.1 Å². The Morgan fingerprint density at radius 2 is 1.28 bits per heavy atom. The van der Waals surface area contributed by atoms with Gasteiger partial charge in [0.1, 0.15) is 5.75 Å². The molecular formula is C22H17I2N7O. The number of phenols is 1. The highest BCUT2D eigenvalue weighted by atomic mass is 127. The molecule has 0 saturated heterocycles. The molecule has 0 aliphatic carbocycles. The van der Waals surface area contributed by atoms with Gasteiger partial charge in [-0.1, -0.05) is 36.4 Å². The van der Waals surface area contributed by atoms with Gasteiger partial charge in [-0.15, -0.1) is 0 Å². The molecule has 0 unspecified atom stereocenters. The Morgan fingerprint density at radius 3 is 1.84 bits per heavy atom. The number of nitrogens with one attached hydrogen (secondary N) is 3.